The Kier molecular flexibility index (Phi) is 8.11. The third kappa shape index (κ3) is 4.82. The zero-order valence-electron chi connectivity index (χ0n) is 15.9. The summed E-state index contributed by atoms with van der Waals surface area (Å²) < 4.78 is 0. The molecule has 1 aliphatic carbocycles. The molecule has 138 valence electrons. The van der Waals surface area contributed by atoms with Crippen LogP contribution in [0.4, 0.5) is 0 Å². The fourth-order valence-electron chi connectivity index (χ4n) is 3.24. The zero-order chi connectivity index (χ0) is 18.9. The van der Waals surface area contributed by atoms with Gasteiger partial charge in [-0.1, -0.05) is 74.1 Å². The molecule has 0 amide bonds. The van der Waals surface area contributed by atoms with Gasteiger partial charge >= 0.3 is 5.97 Å². The molecule has 0 aromatic carbocycles. The molecule has 0 heterocycles. The van der Waals surface area contributed by atoms with Crippen molar-refractivity contribution in [3.8, 4) is 0 Å². The van der Waals surface area contributed by atoms with Gasteiger partial charge in [-0.3, -0.25) is 4.79 Å². The molecule has 0 aromatic rings. The maximum absolute atomic E-state index is 12.1. The number of aliphatic hydroxyl groups is 1. The van der Waals surface area contributed by atoms with Gasteiger partial charge in [0.25, 0.3) is 0 Å². The molecule has 2 unspecified atom stereocenters. The minimum absolute atomic E-state index is 0.699. The molecule has 2 N–H and O–H groups in total. The van der Waals surface area contributed by atoms with Crippen LogP contribution < -0.4 is 0 Å². The maximum Gasteiger partial charge on any atom is 0.317 e. The number of carboxylic acid groups (broad SMARTS) is 1. The minimum Gasteiger partial charge on any atom is -0.480 e. The third-order valence-electron chi connectivity index (χ3n) is 5.29. The molecule has 3 heteroatoms. The van der Waals surface area contributed by atoms with E-state index in [2.05, 4.69) is 30.4 Å². The van der Waals surface area contributed by atoms with Crippen molar-refractivity contribution in [3.05, 3.63) is 60.3 Å². The smallest absolute Gasteiger partial charge is 0.317 e. The van der Waals surface area contributed by atoms with Gasteiger partial charge < -0.3 is 10.2 Å². The van der Waals surface area contributed by atoms with Crippen LogP contribution in [0.15, 0.2) is 60.3 Å². The van der Waals surface area contributed by atoms with Crippen molar-refractivity contribution in [2.75, 3.05) is 0 Å². The van der Waals surface area contributed by atoms with Crippen molar-refractivity contribution in [1.82, 2.24) is 0 Å². The quantitative estimate of drug-likeness (QED) is 0.446. The van der Waals surface area contributed by atoms with E-state index in [1.54, 1.807) is 24.3 Å². The summed E-state index contributed by atoms with van der Waals surface area (Å²) in [5.41, 5.74) is -1.06. The van der Waals surface area contributed by atoms with Crippen molar-refractivity contribution in [2.45, 2.75) is 59.5 Å². The van der Waals surface area contributed by atoms with Crippen LogP contribution >= 0.6 is 0 Å². The lowest BCUT2D eigenvalue weighted by molar-refractivity contribution is -0.157. The van der Waals surface area contributed by atoms with Crippen LogP contribution in [-0.2, 0) is 4.79 Å². The molecule has 25 heavy (non-hydrogen) atoms. The highest BCUT2D eigenvalue weighted by molar-refractivity contribution is 5.81. The van der Waals surface area contributed by atoms with E-state index < -0.39 is 22.9 Å². The largest absolute Gasteiger partial charge is 0.480 e. The van der Waals surface area contributed by atoms with Crippen LogP contribution in [0.1, 0.15) is 53.4 Å². The van der Waals surface area contributed by atoms with E-state index in [0.29, 0.717) is 0 Å². The van der Waals surface area contributed by atoms with Crippen LogP contribution in [0.5, 0.6) is 0 Å². The van der Waals surface area contributed by atoms with E-state index in [-0.39, 0.29) is 0 Å². The SMILES string of the molecule is C/C=C/CC/C=C/CC/C=C(\C)C(C)(C)C1(C(=O)O)C=CC=CC1O. The van der Waals surface area contributed by atoms with Crippen molar-refractivity contribution in [2.24, 2.45) is 10.8 Å². The molecule has 1 aliphatic rings. The molecule has 2 atom stereocenters. The summed E-state index contributed by atoms with van der Waals surface area (Å²) in [6, 6.07) is 0. The van der Waals surface area contributed by atoms with Gasteiger partial charge in [-0.05, 0) is 39.5 Å². The number of aliphatic carboxylic acids is 1. The number of carboxylic acids is 1. The number of carbonyl (C=O) groups is 1. The molecular formula is C22H32O3. The van der Waals surface area contributed by atoms with Crippen LogP contribution in [0.2, 0.25) is 0 Å². The molecule has 0 fully saturated rings. The second-order valence-corrected chi connectivity index (χ2v) is 7.07. The van der Waals surface area contributed by atoms with Gasteiger partial charge in [0.05, 0.1) is 6.10 Å². The number of hydrogen-bond acceptors (Lipinski definition) is 2. The van der Waals surface area contributed by atoms with Gasteiger partial charge in [0, 0.05) is 5.41 Å². The van der Waals surface area contributed by atoms with Gasteiger partial charge in [-0.15, -0.1) is 0 Å². The molecule has 0 aromatic heterocycles. The minimum atomic E-state index is -1.34. The van der Waals surface area contributed by atoms with Crippen LogP contribution in [0, 0.1) is 10.8 Å². The van der Waals surface area contributed by atoms with Crippen molar-refractivity contribution in [3.63, 3.8) is 0 Å². The molecule has 0 saturated carbocycles. The van der Waals surface area contributed by atoms with E-state index in [1.165, 1.54) is 0 Å². The third-order valence-corrected chi connectivity index (χ3v) is 5.29. The monoisotopic (exact) mass is 344 g/mol. The first-order chi connectivity index (χ1) is 11.8. The van der Waals surface area contributed by atoms with E-state index in [0.717, 1.165) is 31.3 Å². The number of unbranched alkanes of at least 4 members (excludes halogenated alkanes) is 2. The topological polar surface area (TPSA) is 57.5 Å². The first-order valence-corrected chi connectivity index (χ1v) is 9.01. The summed E-state index contributed by atoms with van der Waals surface area (Å²) in [5.74, 6) is -0.998. The number of hydrogen-bond donors (Lipinski definition) is 2. The summed E-state index contributed by atoms with van der Waals surface area (Å²) in [6.07, 6.45) is 20.1. The molecular weight excluding hydrogens is 312 g/mol. The molecule has 0 bridgehead atoms. The van der Waals surface area contributed by atoms with Crippen molar-refractivity contribution < 1.29 is 15.0 Å². The molecule has 0 spiro atoms. The Morgan fingerprint density at radius 2 is 1.72 bits per heavy atom. The Morgan fingerprint density at radius 1 is 1.12 bits per heavy atom. The average molecular weight is 344 g/mol. The summed E-state index contributed by atoms with van der Waals surface area (Å²) in [5, 5.41) is 20.3. The Labute approximate surface area is 152 Å². The summed E-state index contributed by atoms with van der Waals surface area (Å²) in [4.78, 5) is 12.1. The van der Waals surface area contributed by atoms with E-state index in [9.17, 15) is 15.0 Å². The first kappa shape index (κ1) is 21.2. The Hall–Kier alpha value is -1.87. The van der Waals surface area contributed by atoms with Gasteiger partial charge in [0.1, 0.15) is 5.41 Å². The fourth-order valence-corrected chi connectivity index (χ4v) is 3.24. The number of allylic oxidation sites excluding steroid dienone is 8. The van der Waals surface area contributed by atoms with E-state index in [1.807, 2.05) is 27.7 Å². The highest BCUT2D eigenvalue weighted by Crippen LogP contribution is 2.50. The number of rotatable bonds is 9. The standard InChI is InChI=1S/C22H32O3/c1-5-6-7-8-9-10-11-12-15-18(2)21(3,4)22(20(24)25)17-14-13-16-19(22)23/h5-6,9-10,13-17,19,23H,7-8,11-12H2,1-4H3,(H,24,25)/b6-5+,10-9+,18-15+. The lowest BCUT2D eigenvalue weighted by atomic mass is 9.58. The molecule has 1 rings (SSSR count). The van der Waals surface area contributed by atoms with Crippen molar-refractivity contribution in [1.29, 1.82) is 0 Å². The Balaban J connectivity index is 2.80. The maximum atomic E-state index is 12.1. The molecule has 3 nitrogen and oxygen atoms in total. The predicted octanol–water partition coefficient (Wildman–Crippen LogP) is 5.21. The molecule has 0 radical (unpaired) electrons. The van der Waals surface area contributed by atoms with E-state index >= 15 is 0 Å². The second kappa shape index (κ2) is 9.57. The zero-order valence-corrected chi connectivity index (χ0v) is 15.9. The lowest BCUT2D eigenvalue weighted by Crippen LogP contribution is -2.52. The van der Waals surface area contributed by atoms with E-state index in [4.69, 9.17) is 0 Å². The molecule has 0 aliphatic heterocycles. The van der Waals surface area contributed by atoms with Gasteiger partial charge in [0.2, 0.25) is 0 Å². The fraction of sp³-hybridized carbons (Fsp3) is 0.500. The highest BCUT2D eigenvalue weighted by atomic mass is 16.4. The Morgan fingerprint density at radius 3 is 2.28 bits per heavy atom. The summed E-state index contributed by atoms with van der Waals surface area (Å²) in [6.45, 7) is 7.77. The first-order valence-electron chi connectivity index (χ1n) is 9.01. The Bertz CT molecular complexity index is 590. The number of aliphatic hydroxyl groups excluding tert-OH is 1. The van der Waals surface area contributed by atoms with Crippen LogP contribution in [0.3, 0.4) is 0 Å². The predicted molar refractivity (Wildman–Crippen MR) is 104 cm³/mol. The van der Waals surface area contributed by atoms with Crippen LogP contribution in [-0.4, -0.2) is 22.3 Å². The van der Waals surface area contributed by atoms with Crippen LogP contribution in [0.25, 0.3) is 0 Å². The van der Waals surface area contributed by atoms with Gasteiger partial charge in [0.15, 0.2) is 0 Å². The second-order valence-electron chi connectivity index (χ2n) is 7.07. The van der Waals surface area contributed by atoms with Gasteiger partial charge in [-0.2, -0.15) is 0 Å². The molecule has 0 saturated heterocycles. The van der Waals surface area contributed by atoms with Gasteiger partial charge in [-0.25, -0.2) is 0 Å². The summed E-state index contributed by atoms with van der Waals surface area (Å²) in [7, 11) is 0. The normalized spacial score (nSPS) is 24.5. The lowest BCUT2D eigenvalue weighted by Gasteiger charge is -2.45. The van der Waals surface area contributed by atoms with Crippen molar-refractivity contribution >= 4 is 5.97 Å². The highest BCUT2D eigenvalue weighted by Gasteiger charge is 2.55. The summed E-state index contributed by atoms with van der Waals surface area (Å²) >= 11 is 0. The average Bonchev–Trinajstić information content (AvgIpc) is 2.57.